The van der Waals surface area contributed by atoms with E-state index in [1.165, 1.54) is 6.20 Å². The van der Waals surface area contributed by atoms with E-state index in [9.17, 15) is 0 Å². The van der Waals surface area contributed by atoms with Gasteiger partial charge >= 0.3 is 0 Å². The first-order valence-electron chi connectivity index (χ1n) is 2.17. The molecule has 1 heterocycles. The Kier molecular flexibility index (Phi) is 3.49. The monoisotopic (exact) mass is 207 g/mol. The van der Waals surface area contributed by atoms with E-state index in [0.29, 0.717) is 4.64 Å². The van der Waals surface area contributed by atoms with Crippen LogP contribution in [0.2, 0.25) is 0 Å². The van der Waals surface area contributed by atoms with Crippen LogP contribution >= 0.6 is 29.2 Å². The lowest BCUT2D eigenvalue weighted by Crippen LogP contribution is -1.89. The summed E-state index contributed by atoms with van der Waals surface area (Å²) < 4.78 is 1.32. The van der Waals surface area contributed by atoms with Crippen LogP contribution in [-0.4, -0.2) is 9.94 Å². The van der Waals surface area contributed by atoms with Crippen molar-refractivity contribution in [2.45, 2.75) is 0 Å². The predicted molar refractivity (Wildman–Crippen MR) is 42.8 cm³/mol. The Morgan fingerprint density at radius 2 is 2.11 bits per heavy atom. The molecule has 0 spiro atoms. The third-order valence-corrected chi connectivity index (χ3v) is 1.13. The van der Waals surface area contributed by atoms with Crippen molar-refractivity contribution < 1.29 is 5.21 Å². The third-order valence-electron chi connectivity index (χ3n) is 0.803. The van der Waals surface area contributed by atoms with Crippen LogP contribution in [0.15, 0.2) is 24.4 Å². The number of aromatic nitrogens is 1. The third kappa shape index (κ3) is 2.15. The summed E-state index contributed by atoms with van der Waals surface area (Å²) in [4.78, 5) is 0. The second-order valence-electron chi connectivity index (χ2n) is 1.38. The van der Waals surface area contributed by atoms with Crippen molar-refractivity contribution in [3.63, 3.8) is 0 Å². The highest BCUT2D eigenvalue weighted by Gasteiger charge is 1.77. The van der Waals surface area contributed by atoms with Crippen LogP contribution in [0, 0.1) is 4.64 Å². The molecule has 0 saturated heterocycles. The van der Waals surface area contributed by atoms with Gasteiger partial charge in [-0.15, -0.1) is 17.0 Å². The molecule has 0 atom stereocenters. The summed E-state index contributed by atoms with van der Waals surface area (Å²) in [6.45, 7) is 0. The van der Waals surface area contributed by atoms with Crippen molar-refractivity contribution in [3.05, 3.63) is 29.0 Å². The van der Waals surface area contributed by atoms with E-state index in [1.54, 1.807) is 18.2 Å². The lowest BCUT2D eigenvalue weighted by molar-refractivity contribution is 0.180. The highest BCUT2D eigenvalue weighted by molar-refractivity contribution is 8.93. The first kappa shape index (κ1) is 8.65. The maximum Gasteiger partial charge on any atom is 0.142 e. The highest BCUT2D eigenvalue weighted by Crippen LogP contribution is 1.86. The van der Waals surface area contributed by atoms with Gasteiger partial charge in [0.15, 0.2) is 0 Å². The zero-order chi connectivity index (χ0) is 5.98. The van der Waals surface area contributed by atoms with Crippen molar-refractivity contribution in [2.75, 3.05) is 0 Å². The molecule has 0 amide bonds. The molecule has 0 saturated carbocycles. The Balaban J connectivity index is 0.000000640. The molecule has 0 aliphatic heterocycles. The van der Waals surface area contributed by atoms with E-state index >= 15 is 0 Å². The fraction of sp³-hybridized carbons (Fsp3) is 0. The van der Waals surface area contributed by atoms with E-state index in [0.717, 1.165) is 4.73 Å². The minimum atomic E-state index is 0. The quantitative estimate of drug-likeness (QED) is 0.521. The second kappa shape index (κ2) is 3.63. The van der Waals surface area contributed by atoms with E-state index in [1.807, 2.05) is 0 Å². The Bertz CT molecular complexity index is 234. The Morgan fingerprint density at radius 1 is 1.44 bits per heavy atom. The van der Waals surface area contributed by atoms with Crippen LogP contribution in [0.1, 0.15) is 0 Å². The molecule has 1 aromatic rings. The lowest BCUT2D eigenvalue weighted by atomic mass is 10.5. The van der Waals surface area contributed by atoms with Gasteiger partial charge in [0.05, 0.1) is 0 Å². The van der Waals surface area contributed by atoms with Gasteiger partial charge < -0.3 is 5.21 Å². The van der Waals surface area contributed by atoms with Gasteiger partial charge in [0.1, 0.15) is 4.64 Å². The van der Waals surface area contributed by atoms with Crippen molar-refractivity contribution >= 4 is 29.2 Å². The number of rotatable bonds is 0. The molecule has 1 rings (SSSR count). The van der Waals surface area contributed by atoms with Gasteiger partial charge in [-0.2, -0.15) is 4.73 Å². The summed E-state index contributed by atoms with van der Waals surface area (Å²) in [6.07, 6.45) is 1.49. The Hall–Kier alpha value is -0.350. The van der Waals surface area contributed by atoms with Gasteiger partial charge in [0.2, 0.25) is 0 Å². The first-order valence-corrected chi connectivity index (χ1v) is 2.58. The summed E-state index contributed by atoms with van der Waals surface area (Å²) in [5.74, 6) is 0. The SMILES string of the molecule is Br.On1ccccc1=S. The standard InChI is InChI=1S/C5H5NOS.BrH/c7-6-4-2-1-3-5(6)8;/h1-4,7H;1H. The Morgan fingerprint density at radius 3 is 2.44 bits per heavy atom. The molecule has 50 valence electrons. The molecule has 0 aliphatic rings. The molecule has 0 bridgehead atoms. The number of nitrogens with zero attached hydrogens (tertiary/aromatic N) is 1. The van der Waals surface area contributed by atoms with Gasteiger partial charge in [-0.05, 0) is 12.1 Å². The van der Waals surface area contributed by atoms with Crippen LogP contribution in [0.25, 0.3) is 0 Å². The molecule has 9 heavy (non-hydrogen) atoms. The number of hydrogen-bond donors (Lipinski definition) is 1. The summed E-state index contributed by atoms with van der Waals surface area (Å²) in [5.41, 5.74) is 0. The minimum absolute atomic E-state index is 0. The van der Waals surface area contributed by atoms with E-state index < -0.39 is 0 Å². The topological polar surface area (TPSA) is 25.2 Å². The van der Waals surface area contributed by atoms with Gasteiger partial charge in [0.25, 0.3) is 0 Å². The normalized spacial score (nSPS) is 8.00. The van der Waals surface area contributed by atoms with Crippen molar-refractivity contribution in [1.82, 2.24) is 4.73 Å². The van der Waals surface area contributed by atoms with Crippen LogP contribution in [0.5, 0.6) is 0 Å². The zero-order valence-corrected chi connectivity index (χ0v) is 7.05. The molecule has 0 fully saturated rings. The van der Waals surface area contributed by atoms with Crippen LogP contribution in [-0.2, 0) is 0 Å². The summed E-state index contributed by atoms with van der Waals surface area (Å²) in [7, 11) is 0. The Labute approximate surface area is 68.5 Å². The molecule has 4 heteroatoms. The smallest absolute Gasteiger partial charge is 0.142 e. The number of halogens is 1. The maximum atomic E-state index is 8.73. The number of pyridine rings is 1. The molecule has 1 N–H and O–H groups in total. The van der Waals surface area contributed by atoms with E-state index in [-0.39, 0.29) is 17.0 Å². The maximum absolute atomic E-state index is 8.73. The van der Waals surface area contributed by atoms with Gasteiger partial charge in [0, 0.05) is 6.20 Å². The predicted octanol–water partition coefficient (Wildman–Crippen LogP) is 2.03. The van der Waals surface area contributed by atoms with Crippen molar-refractivity contribution in [1.29, 1.82) is 0 Å². The fourth-order valence-electron chi connectivity index (χ4n) is 0.419. The number of hydrogen-bond acceptors (Lipinski definition) is 2. The van der Waals surface area contributed by atoms with Gasteiger partial charge in [-0.3, -0.25) is 0 Å². The molecule has 2 nitrogen and oxygen atoms in total. The molecular formula is C5H6BrNOS. The largest absolute Gasteiger partial charge is 0.428 e. The highest BCUT2D eigenvalue weighted by atomic mass is 79.9. The summed E-state index contributed by atoms with van der Waals surface area (Å²) in [6, 6.07) is 5.13. The van der Waals surface area contributed by atoms with Crippen LogP contribution < -0.4 is 0 Å². The van der Waals surface area contributed by atoms with Crippen LogP contribution in [0.4, 0.5) is 0 Å². The van der Waals surface area contributed by atoms with Crippen molar-refractivity contribution in [3.8, 4) is 0 Å². The molecular weight excluding hydrogens is 202 g/mol. The minimum Gasteiger partial charge on any atom is -0.428 e. The van der Waals surface area contributed by atoms with Gasteiger partial charge in [-0.1, -0.05) is 18.3 Å². The fourth-order valence-corrected chi connectivity index (χ4v) is 0.558. The average Bonchev–Trinajstić information content (AvgIpc) is 1.77. The molecule has 0 radical (unpaired) electrons. The summed E-state index contributed by atoms with van der Waals surface area (Å²) in [5, 5.41) is 8.73. The second-order valence-corrected chi connectivity index (χ2v) is 1.80. The first-order chi connectivity index (χ1) is 3.80. The zero-order valence-electron chi connectivity index (χ0n) is 4.52. The molecule has 1 aromatic heterocycles. The van der Waals surface area contributed by atoms with E-state index in [4.69, 9.17) is 5.21 Å². The summed E-state index contributed by atoms with van der Waals surface area (Å²) >= 11 is 4.67. The lowest BCUT2D eigenvalue weighted by Gasteiger charge is -1.90. The molecule has 0 aromatic carbocycles. The molecule has 0 unspecified atom stereocenters. The van der Waals surface area contributed by atoms with Gasteiger partial charge in [-0.25, -0.2) is 0 Å². The van der Waals surface area contributed by atoms with Crippen molar-refractivity contribution in [2.24, 2.45) is 0 Å². The van der Waals surface area contributed by atoms with E-state index in [2.05, 4.69) is 12.2 Å². The average molecular weight is 208 g/mol. The molecule has 0 aliphatic carbocycles. The van der Waals surface area contributed by atoms with Crippen LogP contribution in [0.3, 0.4) is 0 Å².